The number of pyridine rings is 4. The predicted molar refractivity (Wildman–Crippen MR) is 414 cm³/mol. The molecule has 0 radical (unpaired) electrons. The van der Waals surface area contributed by atoms with Crippen molar-refractivity contribution in [2.75, 3.05) is 0 Å². The van der Waals surface area contributed by atoms with Crippen molar-refractivity contribution in [2.24, 2.45) is 0 Å². The fourth-order valence-electron chi connectivity index (χ4n) is 14.7. The van der Waals surface area contributed by atoms with Crippen LogP contribution in [0.2, 0.25) is 0 Å². The van der Waals surface area contributed by atoms with Crippen LogP contribution in [-0.2, 0) is 104 Å². The number of benzene rings is 2. The molecule has 26 nitrogen and oxygen atoms in total. The number of unbranched alkanes of at least 4 members (excludes halogenated alkanes) is 18. The third-order valence-corrected chi connectivity index (χ3v) is 20.5. The highest BCUT2D eigenvalue weighted by atomic mass is 16.7. The van der Waals surface area contributed by atoms with Crippen molar-refractivity contribution in [3.05, 3.63) is 115 Å². The number of carbonyl (C=O) groups is 9. The Morgan fingerprint density at radius 1 is 0.514 bits per heavy atom. The first kappa shape index (κ1) is 85.0. The van der Waals surface area contributed by atoms with Crippen molar-refractivity contribution in [1.82, 2.24) is 29.7 Å². The number of rotatable bonds is 37. The SMILES string of the molecule is CCCCCCCCCCCCC(NC(=O)CCC(=O)O[C@]1(CC)C(=O)OCc2c1cc1n(c2=O)Cc2cc3cc(O)ccc3nc2-1)C(=O)O.CCCCCCCCCCCCC(NC(=O)CCC(=O)O[C@]1(CC)C(=O)OCc2c1cc1n(c2=O)Cc2cc3cc(OC(=O)OC(C)(C)C)ccc3nc2-1)C(=O)OC(C)(C)C. The van der Waals surface area contributed by atoms with E-state index >= 15 is 0 Å². The maximum absolute atomic E-state index is 14.0. The number of aromatic hydroxyl groups is 1. The second-order valence-electron chi connectivity index (χ2n) is 31.4. The molecule has 2 aromatic carbocycles. The Hall–Kier alpha value is -10.0. The van der Waals surface area contributed by atoms with Gasteiger partial charge in [-0.25, -0.2) is 33.9 Å². The van der Waals surface area contributed by atoms with Crippen LogP contribution in [0, 0.1) is 0 Å². The topological polar surface area (TPSA) is 353 Å². The molecule has 4 atom stereocenters. The molecule has 2 amide bonds. The van der Waals surface area contributed by atoms with Crippen LogP contribution in [-0.4, -0.2) is 106 Å². The maximum atomic E-state index is 14.0. The number of nitrogens with zero attached hydrogens (tertiary/aromatic N) is 4. The molecule has 111 heavy (non-hydrogen) atoms. The maximum Gasteiger partial charge on any atom is 0.514 e. The third kappa shape index (κ3) is 21.8. The van der Waals surface area contributed by atoms with Gasteiger partial charge in [0.15, 0.2) is 0 Å². The summed E-state index contributed by atoms with van der Waals surface area (Å²) in [6.45, 7) is 18.0. The minimum atomic E-state index is -1.95. The zero-order valence-corrected chi connectivity index (χ0v) is 66.1. The summed E-state index contributed by atoms with van der Waals surface area (Å²) >= 11 is 0. The first-order valence-corrected chi connectivity index (χ1v) is 39.8. The number of amides is 2. The Balaban J connectivity index is 0.000000260. The van der Waals surface area contributed by atoms with Gasteiger partial charge in [0.2, 0.25) is 23.0 Å². The van der Waals surface area contributed by atoms with Crippen molar-refractivity contribution in [2.45, 2.75) is 310 Å². The molecule has 0 spiro atoms. The van der Waals surface area contributed by atoms with Crippen LogP contribution >= 0.6 is 0 Å². The third-order valence-electron chi connectivity index (χ3n) is 20.5. The second-order valence-corrected chi connectivity index (χ2v) is 31.4. The number of carboxylic acids is 1. The largest absolute Gasteiger partial charge is 0.514 e. The van der Waals surface area contributed by atoms with Crippen LogP contribution in [0.25, 0.3) is 44.6 Å². The second kappa shape index (κ2) is 38.3. The van der Waals surface area contributed by atoms with Gasteiger partial charge >= 0.3 is 42.0 Å². The summed E-state index contributed by atoms with van der Waals surface area (Å²) in [6.07, 6.45) is 20.7. The zero-order valence-electron chi connectivity index (χ0n) is 66.1. The molecule has 4 aliphatic rings. The van der Waals surface area contributed by atoms with Gasteiger partial charge in [-0.05, 0) is 128 Å². The van der Waals surface area contributed by atoms with Gasteiger partial charge in [-0.2, -0.15) is 0 Å². The average Bonchev–Trinajstić information content (AvgIpc) is 1.66. The minimum Gasteiger partial charge on any atom is -0.508 e. The fourth-order valence-corrected chi connectivity index (χ4v) is 14.7. The molecule has 2 unspecified atom stereocenters. The van der Waals surface area contributed by atoms with E-state index in [2.05, 4.69) is 24.5 Å². The smallest absolute Gasteiger partial charge is 0.508 e. The van der Waals surface area contributed by atoms with Crippen molar-refractivity contribution in [1.29, 1.82) is 0 Å². The molecule has 8 heterocycles. The van der Waals surface area contributed by atoms with Crippen molar-refractivity contribution in [3.63, 3.8) is 0 Å². The number of carboxylic acid groups (broad SMARTS) is 1. The number of carbonyl (C=O) groups excluding carboxylic acids is 8. The van der Waals surface area contributed by atoms with E-state index in [0.717, 1.165) is 56.1 Å². The van der Waals surface area contributed by atoms with Crippen molar-refractivity contribution >= 4 is 75.6 Å². The summed E-state index contributed by atoms with van der Waals surface area (Å²) < 4.78 is 41.9. The quantitative estimate of drug-likeness (QED) is 0.0122. The molecule has 0 fully saturated rings. The lowest BCUT2D eigenvalue weighted by Gasteiger charge is -2.35. The molecule has 0 saturated carbocycles. The summed E-state index contributed by atoms with van der Waals surface area (Å²) in [5.74, 6) is -5.82. The monoisotopic (exact) mass is 1530 g/mol. The number of aliphatic carboxylic acids is 1. The molecule has 0 bridgehead atoms. The molecule has 26 heteroatoms. The van der Waals surface area contributed by atoms with Crippen LogP contribution in [0.1, 0.15) is 282 Å². The Bertz CT molecular complexity index is 4550. The number of fused-ring (bicyclic) bond motifs is 10. The summed E-state index contributed by atoms with van der Waals surface area (Å²) in [7, 11) is 0. The van der Waals surface area contributed by atoms with Gasteiger partial charge in [-0.15, -0.1) is 0 Å². The van der Waals surface area contributed by atoms with E-state index in [-0.39, 0.29) is 85.7 Å². The molecule has 0 aliphatic carbocycles. The number of nitrogens with one attached hydrogen (secondary N) is 2. The summed E-state index contributed by atoms with van der Waals surface area (Å²) in [5, 5.41) is 26.2. The molecule has 4 N–H and O–H groups in total. The van der Waals surface area contributed by atoms with E-state index in [0.29, 0.717) is 63.8 Å². The van der Waals surface area contributed by atoms with Crippen LogP contribution < -0.4 is 26.5 Å². The standard InChI is InChI=1S/C47H63N3O11.C38H47N3O9/c1-9-11-12-13-14-15-16-17-18-19-20-36(42(54)60-45(3,4)5)48-38(51)23-24-39(52)59-47(10-2)34-27-37-40-31(28-50(37)41(53)33(34)29-57-43(47)55)25-30-26-32(21-22-35(30)49-40)58-44(56)61-46(6,7)8;1-3-5-6-7-8-9-10-11-12-13-14-30(36(46)47)39-32(43)17-18-33(44)50-38(4-2)28-21-31-34-25(19-24-20-26(42)15-16-29(24)40-34)22-41(31)35(45)27(28)23-49-37(38)48/h21-22,25-27,36H,9-20,23-24,28-29H2,1-8H3,(H,48,51);15-16,19-21,30,42H,3-14,17-18,22-23H2,1-2H3,(H,39,43)(H,46,47)/t36?,47-;30?,38-/m00/s1. The molecule has 0 saturated heterocycles. The van der Waals surface area contributed by atoms with Crippen LogP contribution in [0.15, 0.2) is 70.3 Å². The zero-order chi connectivity index (χ0) is 80.4. The molecule has 10 rings (SSSR count). The minimum absolute atomic E-state index is 0.0309. The highest BCUT2D eigenvalue weighted by Crippen LogP contribution is 2.44. The van der Waals surface area contributed by atoms with E-state index in [4.69, 9.17) is 43.1 Å². The Kier molecular flexibility index (Phi) is 29.3. The number of phenolic OH excluding ortho intramolecular Hbond substituents is 1. The van der Waals surface area contributed by atoms with Gasteiger partial charge in [-0.1, -0.05) is 156 Å². The highest BCUT2D eigenvalue weighted by Gasteiger charge is 2.52. The van der Waals surface area contributed by atoms with E-state index < -0.39 is 112 Å². The highest BCUT2D eigenvalue weighted by molar-refractivity contribution is 5.93. The van der Waals surface area contributed by atoms with Crippen LogP contribution in [0.5, 0.6) is 11.5 Å². The van der Waals surface area contributed by atoms with Gasteiger partial charge in [0, 0.05) is 45.9 Å². The van der Waals surface area contributed by atoms with E-state index in [1.165, 1.54) is 92.3 Å². The fraction of sp³-hybridized carbons (Fsp3) is 0.565. The Morgan fingerprint density at radius 2 is 0.919 bits per heavy atom. The lowest BCUT2D eigenvalue weighted by molar-refractivity contribution is -0.189. The number of hydrogen-bond donors (Lipinski definition) is 4. The van der Waals surface area contributed by atoms with E-state index in [9.17, 15) is 63.0 Å². The van der Waals surface area contributed by atoms with Gasteiger partial charge in [-0.3, -0.25) is 28.8 Å². The predicted octanol–water partition coefficient (Wildman–Crippen LogP) is 14.9. The number of hydrogen-bond acceptors (Lipinski definition) is 21. The summed E-state index contributed by atoms with van der Waals surface area (Å²) in [4.78, 5) is 154. The van der Waals surface area contributed by atoms with Crippen molar-refractivity contribution < 1.29 is 86.5 Å². The number of cyclic esters (lactones) is 2. The first-order valence-electron chi connectivity index (χ1n) is 39.8. The van der Waals surface area contributed by atoms with E-state index in [1.54, 1.807) is 97.9 Å². The number of ether oxygens (including phenoxy) is 7. The number of phenols is 1. The van der Waals surface area contributed by atoms with E-state index in [1.807, 2.05) is 12.1 Å². The molecule has 600 valence electrons. The van der Waals surface area contributed by atoms with Gasteiger partial charge in [0.1, 0.15) is 48.0 Å². The number of esters is 5. The van der Waals surface area contributed by atoms with Crippen molar-refractivity contribution in [3.8, 4) is 34.3 Å². The average molecular weight is 1540 g/mol. The molecular weight excluding hydrogens is 1420 g/mol. The molecule has 4 aromatic heterocycles. The Labute approximate surface area is 647 Å². The summed E-state index contributed by atoms with van der Waals surface area (Å²) in [5.41, 5.74) is -0.764. The van der Waals surface area contributed by atoms with Gasteiger partial charge in [0.05, 0.1) is 70.9 Å². The van der Waals surface area contributed by atoms with Gasteiger partial charge < -0.3 is 63.1 Å². The normalized spacial score (nSPS) is 16.4. The lowest BCUT2D eigenvalue weighted by atomic mass is 9.85. The first-order chi connectivity index (χ1) is 52.9. The summed E-state index contributed by atoms with van der Waals surface area (Å²) in [6, 6.07) is 14.8. The van der Waals surface area contributed by atoms with Gasteiger partial charge in [0.25, 0.3) is 11.1 Å². The Morgan fingerprint density at radius 3 is 1.34 bits per heavy atom. The lowest BCUT2D eigenvalue weighted by Crippen LogP contribution is -2.47. The number of aromatic nitrogens is 4. The molecular formula is C85H110N6O20. The van der Waals surface area contributed by atoms with Crippen LogP contribution in [0.4, 0.5) is 4.79 Å². The van der Waals surface area contributed by atoms with Crippen LogP contribution in [0.3, 0.4) is 0 Å². The molecule has 6 aromatic rings. The molecule has 4 aliphatic heterocycles.